The molecule has 2 rings (SSSR count). The number of ether oxygens (including phenoxy) is 1. The van der Waals surface area contributed by atoms with Crippen LogP contribution in [0.25, 0.3) is 0 Å². The Balaban J connectivity index is 1.96. The van der Waals surface area contributed by atoms with E-state index < -0.39 is 34.4 Å². The maximum atomic E-state index is 12.0. The number of nitrogens with zero attached hydrogens (tertiary/aromatic N) is 1. The lowest BCUT2D eigenvalue weighted by Crippen LogP contribution is -2.23. The summed E-state index contributed by atoms with van der Waals surface area (Å²) in [6.07, 6.45) is 0. The number of amides is 2. The highest BCUT2D eigenvalue weighted by atomic mass is 32.2. The summed E-state index contributed by atoms with van der Waals surface area (Å²) in [5.74, 6) is -2.11. The topological polar surface area (TPSA) is 136 Å². The first-order valence-electron chi connectivity index (χ1n) is 7.50. The monoisotopic (exact) mass is 411 g/mol. The third-order valence-electron chi connectivity index (χ3n) is 3.39. The smallest absolute Gasteiger partial charge is 0.338 e. The van der Waals surface area contributed by atoms with Gasteiger partial charge in [0.15, 0.2) is 6.61 Å². The van der Waals surface area contributed by atoms with Crippen LogP contribution in [0, 0.1) is 0 Å². The zero-order valence-electron chi connectivity index (χ0n) is 14.5. The molecule has 3 N–H and O–H groups in total. The standard InChI is InChI=1S/C16H17N3O6S2/c1-19(2)27(23,24)11-5-3-10(4-6-11)16(22)25-9-13(20)18-15-12(14(17)21)7-8-26-15/h3-8H,9H2,1-2H3,(H2,17,21)(H,18,20). The van der Waals surface area contributed by atoms with Crippen molar-refractivity contribution in [2.75, 3.05) is 26.0 Å². The Morgan fingerprint density at radius 1 is 1.15 bits per heavy atom. The van der Waals surface area contributed by atoms with Crippen molar-refractivity contribution < 1.29 is 27.5 Å². The van der Waals surface area contributed by atoms with E-state index in [1.54, 1.807) is 5.38 Å². The summed E-state index contributed by atoms with van der Waals surface area (Å²) in [5.41, 5.74) is 5.44. The lowest BCUT2D eigenvalue weighted by atomic mass is 10.2. The number of primary amides is 1. The minimum atomic E-state index is -3.60. The van der Waals surface area contributed by atoms with Crippen LogP contribution in [0.15, 0.2) is 40.6 Å². The maximum absolute atomic E-state index is 12.0. The first kappa shape index (κ1) is 20.6. The van der Waals surface area contributed by atoms with Crippen molar-refractivity contribution in [2.45, 2.75) is 4.90 Å². The zero-order chi connectivity index (χ0) is 20.2. The lowest BCUT2D eigenvalue weighted by Gasteiger charge is -2.11. The first-order chi connectivity index (χ1) is 12.6. The van der Waals surface area contributed by atoms with Gasteiger partial charge in [-0.25, -0.2) is 17.5 Å². The van der Waals surface area contributed by atoms with E-state index in [0.29, 0.717) is 0 Å². The van der Waals surface area contributed by atoms with Crippen molar-refractivity contribution in [1.29, 1.82) is 0 Å². The number of hydrogen-bond donors (Lipinski definition) is 2. The second-order valence-corrected chi connectivity index (χ2v) is 8.53. The summed E-state index contributed by atoms with van der Waals surface area (Å²) in [6.45, 7) is -0.577. The minimum absolute atomic E-state index is 0.0264. The molecule has 0 atom stereocenters. The van der Waals surface area contributed by atoms with Gasteiger partial charge in [-0.3, -0.25) is 9.59 Å². The molecule has 0 saturated heterocycles. The van der Waals surface area contributed by atoms with Gasteiger partial charge >= 0.3 is 5.97 Å². The molecule has 0 aliphatic rings. The average Bonchev–Trinajstić information content (AvgIpc) is 3.08. The van der Waals surface area contributed by atoms with E-state index in [1.807, 2.05) is 0 Å². The average molecular weight is 411 g/mol. The number of hydrogen-bond acceptors (Lipinski definition) is 7. The molecule has 0 saturated carbocycles. The van der Waals surface area contributed by atoms with Crippen LogP contribution in [0.3, 0.4) is 0 Å². The molecule has 27 heavy (non-hydrogen) atoms. The number of benzene rings is 1. The summed E-state index contributed by atoms with van der Waals surface area (Å²) in [7, 11) is -0.812. The highest BCUT2D eigenvalue weighted by Crippen LogP contribution is 2.22. The molecule has 2 amide bonds. The van der Waals surface area contributed by atoms with Gasteiger partial charge in [0.1, 0.15) is 5.00 Å². The summed E-state index contributed by atoms with van der Waals surface area (Å²) < 4.78 is 29.9. The second kappa shape index (κ2) is 8.29. The molecule has 9 nitrogen and oxygen atoms in total. The van der Waals surface area contributed by atoms with Crippen molar-refractivity contribution in [3.63, 3.8) is 0 Å². The molecule has 1 aromatic heterocycles. The number of carbonyl (C=O) groups is 3. The van der Waals surface area contributed by atoms with Gasteiger partial charge in [-0.2, -0.15) is 0 Å². The number of esters is 1. The van der Waals surface area contributed by atoms with Crippen molar-refractivity contribution in [3.8, 4) is 0 Å². The van der Waals surface area contributed by atoms with Gasteiger partial charge in [0.2, 0.25) is 10.0 Å². The van der Waals surface area contributed by atoms with Gasteiger partial charge in [-0.1, -0.05) is 0 Å². The second-order valence-electron chi connectivity index (χ2n) is 5.46. The molecular weight excluding hydrogens is 394 g/mol. The number of nitrogens with two attached hydrogens (primary N) is 1. The first-order valence-corrected chi connectivity index (χ1v) is 9.81. The molecular formula is C16H17N3O6S2. The largest absolute Gasteiger partial charge is 0.452 e. The Morgan fingerprint density at radius 3 is 2.33 bits per heavy atom. The van der Waals surface area contributed by atoms with E-state index in [2.05, 4.69) is 5.32 Å². The predicted octanol–water partition coefficient (Wildman–Crippen LogP) is 0.893. The third kappa shape index (κ3) is 4.90. The SMILES string of the molecule is CN(C)S(=O)(=O)c1ccc(C(=O)OCC(=O)Nc2sccc2C(N)=O)cc1. The Labute approximate surface area is 159 Å². The van der Waals surface area contributed by atoms with Crippen molar-refractivity contribution in [3.05, 3.63) is 46.8 Å². The molecule has 2 aromatic rings. The number of rotatable bonds is 7. The molecule has 1 heterocycles. The van der Waals surface area contributed by atoms with E-state index >= 15 is 0 Å². The minimum Gasteiger partial charge on any atom is -0.452 e. The molecule has 1 aromatic carbocycles. The Kier molecular flexibility index (Phi) is 6.31. The highest BCUT2D eigenvalue weighted by molar-refractivity contribution is 7.89. The molecule has 0 radical (unpaired) electrons. The van der Waals surface area contributed by atoms with Crippen molar-refractivity contribution in [1.82, 2.24) is 4.31 Å². The Bertz CT molecular complexity index is 964. The summed E-state index contributed by atoms with van der Waals surface area (Å²) in [5, 5.41) is 4.29. The summed E-state index contributed by atoms with van der Waals surface area (Å²) >= 11 is 1.11. The lowest BCUT2D eigenvalue weighted by molar-refractivity contribution is -0.119. The predicted molar refractivity (Wildman–Crippen MR) is 99.1 cm³/mol. The van der Waals surface area contributed by atoms with Crippen LogP contribution in [0.1, 0.15) is 20.7 Å². The van der Waals surface area contributed by atoms with E-state index in [1.165, 1.54) is 44.4 Å². The molecule has 0 spiro atoms. The van der Waals surface area contributed by atoms with E-state index in [9.17, 15) is 22.8 Å². The van der Waals surface area contributed by atoms with Crippen LogP contribution >= 0.6 is 11.3 Å². The van der Waals surface area contributed by atoms with Crippen LogP contribution < -0.4 is 11.1 Å². The number of anilines is 1. The summed E-state index contributed by atoms with van der Waals surface area (Å²) in [6, 6.07) is 6.60. The van der Waals surface area contributed by atoms with Crippen LogP contribution in [0.4, 0.5) is 5.00 Å². The number of sulfonamides is 1. The van der Waals surface area contributed by atoms with Crippen LogP contribution in [0.5, 0.6) is 0 Å². The number of nitrogens with one attached hydrogen (secondary N) is 1. The van der Waals surface area contributed by atoms with Gasteiger partial charge < -0.3 is 15.8 Å². The number of carbonyl (C=O) groups excluding carboxylic acids is 3. The number of thiophene rings is 1. The highest BCUT2D eigenvalue weighted by Gasteiger charge is 2.18. The van der Waals surface area contributed by atoms with Crippen LogP contribution in [-0.2, 0) is 19.6 Å². The van der Waals surface area contributed by atoms with E-state index in [0.717, 1.165) is 15.6 Å². The fourth-order valence-electron chi connectivity index (χ4n) is 1.95. The summed E-state index contributed by atoms with van der Waals surface area (Å²) in [4.78, 5) is 35.1. The molecule has 144 valence electrons. The van der Waals surface area contributed by atoms with Crippen LogP contribution in [-0.4, -0.2) is 51.2 Å². The zero-order valence-corrected chi connectivity index (χ0v) is 16.1. The van der Waals surface area contributed by atoms with Crippen molar-refractivity contribution in [2.24, 2.45) is 5.73 Å². The van der Waals surface area contributed by atoms with Gasteiger partial charge in [-0.15, -0.1) is 11.3 Å². The van der Waals surface area contributed by atoms with Gasteiger partial charge in [0.05, 0.1) is 16.0 Å². The van der Waals surface area contributed by atoms with E-state index in [4.69, 9.17) is 10.5 Å². The quantitative estimate of drug-likeness (QED) is 0.650. The van der Waals surface area contributed by atoms with Gasteiger partial charge in [-0.05, 0) is 35.7 Å². The third-order valence-corrected chi connectivity index (χ3v) is 6.05. The van der Waals surface area contributed by atoms with Crippen molar-refractivity contribution >= 4 is 44.1 Å². The Hall–Kier alpha value is -2.76. The maximum Gasteiger partial charge on any atom is 0.338 e. The molecule has 0 fully saturated rings. The molecule has 0 aliphatic carbocycles. The molecule has 11 heteroatoms. The fourth-order valence-corrected chi connectivity index (χ4v) is 3.66. The van der Waals surface area contributed by atoms with Gasteiger partial charge in [0.25, 0.3) is 11.8 Å². The normalized spacial score (nSPS) is 11.2. The molecule has 0 aliphatic heterocycles. The Morgan fingerprint density at radius 2 is 1.78 bits per heavy atom. The van der Waals surface area contributed by atoms with Crippen LogP contribution in [0.2, 0.25) is 0 Å². The van der Waals surface area contributed by atoms with Gasteiger partial charge in [0, 0.05) is 14.1 Å². The van der Waals surface area contributed by atoms with E-state index in [-0.39, 0.29) is 21.0 Å². The fraction of sp³-hybridized carbons (Fsp3) is 0.188. The molecule has 0 bridgehead atoms. The molecule has 0 unspecified atom stereocenters.